The van der Waals surface area contributed by atoms with Crippen molar-refractivity contribution in [2.45, 2.75) is 19.4 Å². The Hall–Kier alpha value is -1.64. The van der Waals surface area contributed by atoms with Crippen LogP contribution in [0.3, 0.4) is 0 Å². The number of amides is 1. The van der Waals surface area contributed by atoms with E-state index in [4.69, 9.17) is 0 Å². The van der Waals surface area contributed by atoms with Crippen LogP contribution in [0.25, 0.3) is 0 Å². The SMILES string of the molecule is O=Cc1cccc(CNC(=O)C2CC2)c1. The number of nitrogens with one attached hydrogen (secondary N) is 1. The molecule has 2 rings (SSSR count). The minimum Gasteiger partial charge on any atom is -0.352 e. The van der Waals surface area contributed by atoms with Crippen molar-refractivity contribution in [3.63, 3.8) is 0 Å². The summed E-state index contributed by atoms with van der Waals surface area (Å²) < 4.78 is 0. The summed E-state index contributed by atoms with van der Waals surface area (Å²) in [6.45, 7) is 0.511. The van der Waals surface area contributed by atoms with Gasteiger partial charge in [0.15, 0.2) is 0 Å². The number of carbonyl (C=O) groups is 2. The van der Waals surface area contributed by atoms with Crippen LogP contribution in [0.1, 0.15) is 28.8 Å². The van der Waals surface area contributed by atoms with Crippen molar-refractivity contribution in [3.05, 3.63) is 35.4 Å². The second kappa shape index (κ2) is 4.26. The molecule has 1 aliphatic rings. The van der Waals surface area contributed by atoms with Gasteiger partial charge in [-0.1, -0.05) is 18.2 Å². The van der Waals surface area contributed by atoms with E-state index in [1.165, 1.54) is 0 Å². The first-order chi connectivity index (χ1) is 7.29. The van der Waals surface area contributed by atoms with Gasteiger partial charge in [0.05, 0.1) is 0 Å². The Labute approximate surface area is 88.5 Å². The van der Waals surface area contributed by atoms with E-state index in [9.17, 15) is 9.59 Å². The molecule has 0 radical (unpaired) electrons. The number of carbonyl (C=O) groups excluding carboxylic acids is 2. The highest BCUT2D eigenvalue weighted by Crippen LogP contribution is 2.28. The molecule has 1 aromatic carbocycles. The first-order valence-corrected chi connectivity index (χ1v) is 5.11. The Morgan fingerprint density at radius 1 is 1.47 bits per heavy atom. The number of rotatable bonds is 4. The van der Waals surface area contributed by atoms with Gasteiger partial charge in [0.1, 0.15) is 6.29 Å². The van der Waals surface area contributed by atoms with Gasteiger partial charge in [-0.15, -0.1) is 0 Å². The van der Waals surface area contributed by atoms with Crippen LogP contribution >= 0.6 is 0 Å². The summed E-state index contributed by atoms with van der Waals surface area (Å²) in [7, 11) is 0. The summed E-state index contributed by atoms with van der Waals surface area (Å²) in [6, 6.07) is 7.27. The van der Waals surface area contributed by atoms with Gasteiger partial charge in [0.25, 0.3) is 0 Å². The topological polar surface area (TPSA) is 46.2 Å². The van der Waals surface area contributed by atoms with E-state index >= 15 is 0 Å². The van der Waals surface area contributed by atoms with Gasteiger partial charge < -0.3 is 5.32 Å². The summed E-state index contributed by atoms with van der Waals surface area (Å²) in [4.78, 5) is 21.9. The summed E-state index contributed by atoms with van der Waals surface area (Å²) >= 11 is 0. The van der Waals surface area contributed by atoms with Crippen LogP contribution in [0.5, 0.6) is 0 Å². The Morgan fingerprint density at radius 2 is 2.27 bits per heavy atom. The van der Waals surface area contributed by atoms with Crippen LogP contribution in [-0.2, 0) is 11.3 Å². The molecule has 15 heavy (non-hydrogen) atoms. The maximum absolute atomic E-state index is 11.4. The summed E-state index contributed by atoms with van der Waals surface area (Å²) in [5.41, 5.74) is 1.61. The normalized spacial score (nSPS) is 14.7. The van der Waals surface area contributed by atoms with Gasteiger partial charge in [-0.25, -0.2) is 0 Å². The summed E-state index contributed by atoms with van der Waals surface area (Å²) in [5, 5.41) is 2.86. The van der Waals surface area contributed by atoms with Gasteiger partial charge in [-0.2, -0.15) is 0 Å². The lowest BCUT2D eigenvalue weighted by atomic mass is 10.1. The lowest BCUT2D eigenvalue weighted by Gasteiger charge is -2.04. The Morgan fingerprint density at radius 3 is 2.93 bits per heavy atom. The van der Waals surface area contributed by atoms with Crippen molar-refractivity contribution >= 4 is 12.2 Å². The van der Waals surface area contributed by atoms with E-state index in [0.29, 0.717) is 12.1 Å². The summed E-state index contributed by atoms with van der Waals surface area (Å²) in [5.74, 6) is 0.366. The van der Waals surface area contributed by atoms with E-state index in [1.807, 2.05) is 12.1 Å². The van der Waals surface area contributed by atoms with Gasteiger partial charge >= 0.3 is 0 Å². The minimum atomic E-state index is 0.131. The molecule has 0 saturated heterocycles. The molecule has 3 nitrogen and oxygen atoms in total. The first-order valence-electron chi connectivity index (χ1n) is 5.11. The molecule has 0 aromatic heterocycles. The molecule has 1 fully saturated rings. The predicted molar refractivity (Wildman–Crippen MR) is 56.4 cm³/mol. The zero-order chi connectivity index (χ0) is 10.7. The van der Waals surface area contributed by atoms with Gasteiger partial charge in [0.2, 0.25) is 5.91 Å². The van der Waals surface area contributed by atoms with Crippen molar-refractivity contribution in [1.82, 2.24) is 5.32 Å². The summed E-state index contributed by atoms with van der Waals surface area (Å²) in [6.07, 6.45) is 2.84. The Bertz CT molecular complexity index is 383. The zero-order valence-electron chi connectivity index (χ0n) is 8.40. The van der Waals surface area contributed by atoms with E-state index in [1.54, 1.807) is 12.1 Å². The molecule has 1 amide bonds. The molecule has 0 unspecified atom stereocenters. The van der Waals surface area contributed by atoms with E-state index in [-0.39, 0.29) is 11.8 Å². The smallest absolute Gasteiger partial charge is 0.223 e. The molecular formula is C12H13NO2. The maximum atomic E-state index is 11.4. The Kier molecular flexibility index (Phi) is 2.81. The fraction of sp³-hybridized carbons (Fsp3) is 0.333. The third-order valence-corrected chi connectivity index (χ3v) is 2.50. The van der Waals surface area contributed by atoms with Gasteiger partial charge in [0, 0.05) is 18.0 Å². The van der Waals surface area contributed by atoms with Crippen LogP contribution in [0.2, 0.25) is 0 Å². The molecule has 1 aromatic rings. The lowest BCUT2D eigenvalue weighted by molar-refractivity contribution is -0.122. The van der Waals surface area contributed by atoms with Crippen molar-refractivity contribution in [2.24, 2.45) is 5.92 Å². The van der Waals surface area contributed by atoms with E-state index < -0.39 is 0 Å². The quantitative estimate of drug-likeness (QED) is 0.754. The Balaban J connectivity index is 1.91. The van der Waals surface area contributed by atoms with Crippen LogP contribution in [-0.4, -0.2) is 12.2 Å². The molecule has 78 valence electrons. The van der Waals surface area contributed by atoms with Crippen LogP contribution in [0.4, 0.5) is 0 Å². The van der Waals surface area contributed by atoms with Crippen molar-refractivity contribution in [2.75, 3.05) is 0 Å². The van der Waals surface area contributed by atoms with Crippen molar-refractivity contribution < 1.29 is 9.59 Å². The lowest BCUT2D eigenvalue weighted by Crippen LogP contribution is -2.24. The molecule has 0 spiro atoms. The average Bonchev–Trinajstić information content (AvgIpc) is 3.10. The largest absolute Gasteiger partial charge is 0.352 e. The number of hydrogen-bond donors (Lipinski definition) is 1. The predicted octanol–water partition coefficient (Wildman–Crippen LogP) is 1.53. The molecule has 0 atom stereocenters. The molecule has 0 heterocycles. The van der Waals surface area contributed by atoms with Crippen molar-refractivity contribution in [1.29, 1.82) is 0 Å². The number of aldehydes is 1. The average molecular weight is 203 g/mol. The maximum Gasteiger partial charge on any atom is 0.223 e. The highest BCUT2D eigenvalue weighted by atomic mass is 16.2. The van der Waals surface area contributed by atoms with Gasteiger partial charge in [-0.05, 0) is 24.5 Å². The van der Waals surface area contributed by atoms with E-state index in [0.717, 1.165) is 24.7 Å². The molecule has 1 aliphatic carbocycles. The second-order valence-corrected chi connectivity index (χ2v) is 3.85. The molecule has 0 aliphatic heterocycles. The second-order valence-electron chi connectivity index (χ2n) is 3.85. The van der Waals surface area contributed by atoms with Crippen LogP contribution in [0.15, 0.2) is 24.3 Å². The van der Waals surface area contributed by atoms with Gasteiger partial charge in [-0.3, -0.25) is 9.59 Å². The standard InChI is InChI=1S/C12H13NO2/c14-8-10-3-1-2-9(6-10)7-13-12(15)11-4-5-11/h1-3,6,8,11H,4-5,7H2,(H,13,15). The van der Waals surface area contributed by atoms with Crippen molar-refractivity contribution in [3.8, 4) is 0 Å². The molecular weight excluding hydrogens is 190 g/mol. The molecule has 3 heteroatoms. The fourth-order valence-electron chi connectivity index (χ4n) is 1.46. The minimum absolute atomic E-state index is 0.131. The van der Waals surface area contributed by atoms with Crippen LogP contribution in [0, 0.1) is 5.92 Å². The number of benzene rings is 1. The number of hydrogen-bond acceptors (Lipinski definition) is 2. The van der Waals surface area contributed by atoms with Crippen LogP contribution < -0.4 is 5.32 Å². The monoisotopic (exact) mass is 203 g/mol. The highest BCUT2D eigenvalue weighted by Gasteiger charge is 2.29. The zero-order valence-corrected chi connectivity index (χ0v) is 8.40. The third kappa shape index (κ3) is 2.65. The molecule has 0 bridgehead atoms. The van der Waals surface area contributed by atoms with E-state index in [2.05, 4.69) is 5.32 Å². The first kappa shape index (κ1) is 9.90. The third-order valence-electron chi connectivity index (χ3n) is 2.50. The molecule has 1 N–H and O–H groups in total. The highest BCUT2D eigenvalue weighted by molar-refractivity contribution is 5.81. The fourth-order valence-corrected chi connectivity index (χ4v) is 1.46. The molecule has 1 saturated carbocycles.